The standard InChI is InChI=1S/C24H23NO4/c26-22(25-12-4-8-19(15-25)24(28)10-11-24)18-7-3-6-16(13-18)20-14-17-5-1-2-9-21(17)29-23(20)27/h1-3,5-7,9,13-14,19,28H,4,8,10-12,15H2. The summed E-state index contributed by atoms with van der Waals surface area (Å²) >= 11 is 0. The number of likely N-dealkylation sites (tertiary alicyclic amines) is 1. The molecule has 5 rings (SSSR count). The van der Waals surface area contributed by atoms with Gasteiger partial charge >= 0.3 is 5.63 Å². The van der Waals surface area contributed by atoms with Crippen LogP contribution in [-0.2, 0) is 0 Å². The van der Waals surface area contributed by atoms with E-state index in [2.05, 4.69) is 0 Å². The fourth-order valence-corrected chi connectivity index (χ4v) is 4.40. The first-order valence-corrected chi connectivity index (χ1v) is 10.2. The van der Waals surface area contributed by atoms with Crippen molar-refractivity contribution in [3.8, 4) is 11.1 Å². The molecule has 1 N–H and O–H groups in total. The third-order valence-corrected chi connectivity index (χ3v) is 6.29. The average Bonchev–Trinajstić information content (AvgIpc) is 3.51. The minimum Gasteiger partial charge on any atom is -0.422 e. The van der Waals surface area contributed by atoms with Crippen LogP contribution in [-0.4, -0.2) is 34.6 Å². The molecular weight excluding hydrogens is 366 g/mol. The van der Waals surface area contributed by atoms with E-state index in [9.17, 15) is 14.7 Å². The fraction of sp³-hybridized carbons (Fsp3) is 0.333. The monoisotopic (exact) mass is 389 g/mol. The molecular formula is C24H23NO4. The molecule has 1 atom stereocenters. The molecule has 5 heteroatoms. The summed E-state index contributed by atoms with van der Waals surface area (Å²) in [5, 5.41) is 11.3. The van der Waals surface area contributed by atoms with Crippen LogP contribution in [0.15, 0.2) is 63.8 Å². The zero-order valence-electron chi connectivity index (χ0n) is 16.1. The Hall–Kier alpha value is -2.92. The Morgan fingerprint density at radius 3 is 2.76 bits per heavy atom. The van der Waals surface area contributed by atoms with Gasteiger partial charge in [-0.05, 0) is 55.5 Å². The minimum atomic E-state index is -0.565. The molecule has 3 aromatic rings. The third kappa shape index (κ3) is 3.36. The van der Waals surface area contributed by atoms with Crippen molar-refractivity contribution in [2.45, 2.75) is 31.3 Å². The SMILES string of the molecule is O=C(c1cccc(-c2cc3ccccc3oc2=O)c1)N1CCCC(C2(O)CC2)C1. The Labute approximate surface area is 168 Å². The number of para-hydroxylation sites is 1. The first-order chi connectivity index (χ1) is 14.0. The zero-order valence-corrected chi connectivity index (χ0v) is 16.1. The lowest BCUT2D eigenvalue weighted by Gasteiger charge is -2.35. The van der Waals surface area contributed by atoms with E-state index in [-0.39, 0.29) is 11.8 Å². The number of carbonyl (C=O) groups excluding carboxylic acids is 1. The molecule has 1 amide bonds. The highest BCUT2D eigenvalue weighted by molar-refractivity contribution is 5.95. The Balaban J connectivity index is 1.45. The van der Waals surface area contributed by atoms with Gasteiger partial charge in [-0.2, -0.15) is 0 Å². The molecule has 2 fully saturated rings. The summed E-state index contributed by atoms with van der Waals surface area (Å²) in [7, 11) is 0. The topological polar surface area (TPSA) is 70.8 Å². The summed E-state index contributed by atoms with van der Waals surface area (Å²) in [4.78, 5) is 27.4. The van der Waals surface area contributed by atoms with Crippen molar-refractivity contribution in [3.05, 3.63) is 70.6 Å². The molecule has 1 saturated heterocycles. The predicted molar refractivity (Wildman–Crippen MR) is 111 cm³/mol. The largest absolute Gasteiger partial charge is 0.422 e. The van der Waals surface area contributed by atoms with E-state index >= 15 is 0 Å². The van der Waals surface area contributed by atoms with Crippen molar-refractivity contribution in [1.82, 2.24) is 4.90 Å². The van der Waals surface area contributed by atoms with Crippen LogP contribution >= 0.6 is 0 Å². The third-order valence-electron chi connectivity index (χ3n) is 6.29. The van der Waals surface area contributed by atoms with Crippen LogP contribution in [0.1, 0.15) is 36.0 Å². The van der Waals surface area contributed by atoms with Crippen molar-refractivity contribution in [2.75, 3.05) is 13.1 Å². The molecule has 0 spiro atoms. The van der Waals surface area contributed by atoms with Gasteiger partial charge in [0.1, 0.15) is 5.58 Å². The molecule has 1 aromatic heterocycles. The maximum atomic E-state index is 13.1. The fourth-order valence-electron chi connectivity index (χ4n) is 4.40. The zero-order chi connectivity index (χ0) is 20.0. The highest BCUT2D eigenvalue weighted by Crippen LogP contribution is 2.45. The molecule has 1 unspecified atom stereocenters. The van der Waals surface area contributed by atoms with Crippen LogP contribution in [0.2, 0.25) is 0 Å². The maximum Gasteiger partial charge on any atom is 0.344 e. The summed E-state index contributed by atoms with van der Waals surface area (Å²) in [6.45, 7) is 1.30. The smallest absolute Gasteiger partial charge is 0.344 e. The Morgan fingerprint density at radius 2 is 1.93 bits per heavy atom. The Kier molecular flexibility index (Phi) is 4.28. The number of rotatable bonds is 3. The lowest BCUT2D eigenvalue weighted by atomic mass is 9.90. The number of carbonyl (C=O) groups is 1. The summed E-state index contributed by atoms with van der Waals surface area (Å²) in [6, 6.07) is 16.4. The molecule has 2 aromatic carbocycles. The van der Waals surface area contributed by atoms with Crippen molar-refractivity contribution in [3.63, 3.8) is 0 Å². The first-order valence-electron chi connectivity index (χ1n) is 10.2. The van der Waals surface area contributed by atoms with Gasteiger partial charge in [-0.15, -0.1) is 0 Å². The summed E-state index contributed by atoms with van der Waals surface area (Å²) in [5.74, 6) is 0.113. The lowest BCUT2D eigenvalue weighted by molar-refractivity contribution is 0.0282. The molecule has 0 bridgehead atoms. The van der Waals surface area contributed by atoms with Crippen molar-refractivity contribution < 1.29 is 14.3 Å². The quantitative estimate of drug-likeness (QED) is 0.691. The maximum absolute atomic E-state index is 13.1. The van der Waals surface area contributed by atoms with Gasteiger partial charge in [0.15, 0.2) is 0 Å². The van der Waals surface area contributed by atoms with E-state index < -0.39 is 11.2 Å². The van der Waals surface area contributed by atoms with Gasteiger partial charge in [0.25, 0.3) is 5.91 Å². The normalized spacial score (nSPS) is 20.6. The number of aliphatic hydroxyl groups is 1. The summed E-state index contributed by atoms with van der Waals surface area (Å²) in [6.07, 6.45) is 3.56. The molecule has 1 aliphatic carbocycles. The van der Waals surface area contributed by atoms with E-state index in [0.29, 0.717) is 35.4 Å². The molecule has 2 aliphatic rings. The van der Waals surface area contributed by atoms with Gasteiger partial charge in [0.05, 0.1) is 11.2 Å². The van der Waals surface area contributed by atoms with Gasteiger partial charge in [0.2, 0.25) is 0 Å². The van der Waals surface area contributed by atoms with Crippen molar-refractivity contribution in [2.24, 2.45) is 5.92 Å². The first kappa shape index (κ1) is 18.1. The van der Waals surface area contributed by atoms with Crippen LogP contribution < -0.4 is 5.63 Å². The molecule has 148 valence electrons. The number of benzene rings is 2. The van der Waals surface area contributed by atoms with Gasteiger partial charge in [-0.1, -0.05) is 30.3 Å². The van der Waals surface area contributed by atoms with Gasteiger partial charge in [0, 0.05) is 30.0 Å². The number of nitrogens with zero attached hydrogens (tertiary/aromatic N) is 1. The number of amides is 1. The predicted octanol–water partition coefficient (Wildman–Crippen LogP) is 3.84. The molecule has 1 aliphatic heterocycles. The number of hydrogen-bond acceptors (Lipinski definition) is 4. The van der Waals surface area contributed by atoms with Crippen LogP contribution in [0.5, 0.6) is 0 Å². The van der Waals surface area contributed by atoms with E-state index in [1.165, 1.54) is 0 Å². The number of hydrogen-bond donors (Lipinski definition) is 1. The van der Waals surface area contributed by atoms with E-state index in [4.69, 9.17) is 4.42 Å². The van der Waals surface area contributed by atoms with Gasteiger partial charge in [-0.25, -0.2) is 4.79 Å². The second kappa shape index (κ2) is 6.85. The minimum absolute atomic E-state index is 0.0500. The van der Waals surface area contributed by atoms with Gasteiger partial charge in [-0.3, -0.25) is 4.79 Å². The van der Waals surface area contributed by atoms with Crippen LogP contribution in [0.3, 0.4) is 0 Å². The number of piperidine rings is 1. The second-order valence-electron chi connectivity index (χ2n) is 8.26. The molecule has 5 nitrogen and oxygen atoms in total. The number of fused-ring (bicyclic) bond motifs is 1. The summed E-state index contributed by atoms with van der Waals surface area (Å²) in [5.41, 5.74) is 1.24. The van der Waals surface area contributed by atoms with Crippen LogP contribution in [0.25, 0.3) is 22.1 Å². The van der Waals surface area contributed by atoms with Crippen molar-refractivity contribution >= 4 is 16.9 Å². The van der Waals surface area contributed by atoms with Crippen LogP contribution in [0.4, 0.5) is 0 Å². The molecule has 0 radical (unpaired) electrons. The molecule has 2 heterocycles. The van der Waals surface area contributed by atoms with E-state index in [0.717, 1.165) is 31.1 Å². The van der Waals surface area contributed by atoms with E-state index in [1.54, 1.807) is 24.3 Å². The van der Waals surface area contributed by atoms with Crippen LogP contribution in [0, 0.1) is 5.92 Å². The highest BCUT2D eigenvalue weighted by atomic mass is 16.4. The highest BCUT2D eigenvalue weighted by Gasteiger charge is 2.49. The second-order valence-corrected chi connectivity index (χ2v) is 8.26. The van der Waals surface area contributed by atoms with E-state index in [1.807, 2.05) is 35.2 Å². The molecule has 1 saturated carbocycles. The Morgan fingerprint density at radius 1 is 1.10 bits per heavy atom. The summed E-state index contributed by atoms with van der Waals surface area (Å²) < 4.78 is 5.44. The molecule has 29 heavy (non-hydrogen) atoms. The lowest BCUT2D eigenvalue weighted by Crippen LogP contribution is -2.44. The van der Waals surface area contributed by atoms with Crippen molar-refractivity contribution in [1.29, 1.82) is 0 Å². The Bertz CT molecular complexity index is 1140. The average molecular weight is 389 g/mol. The van der Waals surface area contributed by atoms with Gasteiger partial charge < -0.3 is 14.4 Å².